The second kappa shape index (κ2) is 8.68. The highest BCUT2D eigenvalue weighted by atomic mass is 127. The van der Waals surface area contributed by atoms with Crippen molar-refractivity contribution in [3.63, 3.8) is 0 Å². The van der Waals surface area contributed by atoms with Gasteiger partial charge in [0.05, 0.1) is 18.7 Å². The van der Waals surface area contributed by atoms with Gasteiger partial charge in [-0.25, -0.2) is 4.79 Å². The molecule has 1 unspecified atom stereocenters. The molecule has 24 heavy (non-hydrogen) atoms. The van der Waals surface area contributed by atoms with Crippen LogP contribution < -0.4 is 10.1 Å². The van der Waals surface area contributed by atoms with Gasteiger partial charge in [0.15, 0.2) is 6.61 Å². The Morgan fingerprint density at radius 1 is 1.17 bits per heavy atom. The van der Waals surface area contributed by atoms with Crippen molar-refractivity contribution in [2.24, 2.45) is 0 Å². The fourth-order valence-corrected chi connectivity index (χ4v) is 2.76. The number of carbonyl (C=O) groups is 2. The quantitative estimate of drug-likeness (QED) is 0.554. The van der Waals surface area contributed by atoms with Crippen LogP contribution in [0, 0.1) is 3.57 Å². The van der Waals surface area contributed by atoms with Crippen molar-refractivity contribution in [2.75, 3.05) is 13.7 Å². The van der Waals surface area contributed by atoms with E-state index in [1.54, 1.807) is 25.3 Å². The molecule has 0 radical (unpaired) electrons. The molecule has 2 aromatic carbocycles. The molecule has 2 rings (SSSR count). The number of benzene rings is 2. The number of carbonyl (C=O) groups excluding carboxylic acids is 2. The first-order valence-corrected chi connectivity index (χ1v) is 8.44. The normalized spacial score (nSPS) is 11.5. The molecule has 0 fully saturated rings. The molecule has 0 aromatic heterocycles. The summed E-state index contributed by atoms with van der Waals surface area (Å²) in [4.78, 5) is 23.9. The summed E-state index contributed by atoms with van der Waals surface area (Å²) in [6.07, 6.45) is 0. The lowest BCUT2D eigenvalue weighted by Crippen LogP contribution is -2.31. The van der Waals surface area contributed by atoms with Gasteiger partial charge in [-0.2, -0.15) is 0 Å². The molecule has 1 N–H and O–H groups in total. The van der Waals surface area contributed by atoms with Crippen LogP contribution in [0.15, 0.2) is 48.5 Å². The first-order valence-electron chi connectivity index (χ1n) is 7.36. The summed E-state index contributed by atoms with van der Waals surface area (Å²) in [7, 11) is 1.58. The minimum absolute atomic E-state index is 0.259. The van der Waals surface area contributed by atoms with Crippen LogP contribution in [0.2, 0.25) is 0 Å². The summed E-state index contributed by atoms with van der Waals surface area (Å²) in [5.41, 5.74) is 1.28. The highest BCUT2D eigenvalue weighted by Gasteiger charge is 2.15. The number of nitrogens with one attached hydrogen (secondary N) is 1. The highest BCUT2D eigenvalue weighted by Crippen LogP contribution is 2.24. The maximum atomic E-state index is 12.0. The zero-order valence-electron chi connectivity index (χ0n) is 13.4. The number of hydrogen-bond acceptors (Lipinski definition) is 4. The van der Waals surface area contributed by atoms with E-state index in [2.05, 4.69) is 27.9 Å². The number of methoxy groups -OCH3 is 1. The van der Waals surface area contributed by atoms with E-state index in [0.717, 1.165) is 9.13 Å². The molecule has 1 amide bonds. The molecule has 5 nitrogen and oxygen atoms in total. The number of rotatable bonds is 6. The van der Waals surface area contributed by atoms with Crippen LogP contribution in [0.5, 0.6) is 5.75 Å². The average Bonchev–Trinajstić information content (AvgIpc) is 2.59. The topological polar surface area (TPSA) is 64.6 Å². The summed E-state index contributed by atoms with van der Waals surface area (Å²) in [6, 6.07) is 14.2. The van der Waals surface area contributed by atoms with E-state index < -0.39 is 5.97 Å². The molecule has 0 aliphatic heterocycles. The minimum atomic E-state index is -0.520. The van der Waals surface area contributed by atoms with Crippen molar-refractivity contribution in [3.05, 3.63) is 63.2 Å². The molecule has 0 bridgehead atoms. The van der Waals surface area contributed by atoms with Gasteiger partial charge in [0.2, 0.25) is 0 Å². The van der Waals surface area contributed by atoms with Crippen LogP contribution in [0.3, 0.4) is 0 Å². The Bertz CT molecular complexity index is 732. The molecular formula is C18H18INO4. The Balaban J connectivity index is 1.90. The number of para-hydroxylation sites is 1. The zero-order chi connectivity index (χ0) is 17.5. The molecule has 0 spiro atoms. The Hall–Kier alpha value is -2.09. The maximum absolute atomic E-state index is 12.0. The largest absolute Gasteiger partial charge is 0.496 e. The number of halogens is 1. The first kappa shape index (κ1) is 18.3. The number of esters is 1. The van der Waals surface area contributed by atoms with Crippen molar-refractivity contribution in [2.45, 2.75) is 13.0 Å². The van der Waals surface area contributed by atoms with Crippen molar-refractivity contribution < 1.29 is 19.1 Å². The molecule has 2 aromatic rings. The van der Waals surface area contributed by atoms with Gasteiger partial charge < -0.3 is 14.8 Å². The Morgan fingerprint density at radius 2 is 1.92 bits per heavy atom. The van der Waals surface area contributed by atoms with Crippen LogP contribution in [0.25, 0.3) is 0 Å². The van der Waals surface area contributed by atoms with E-state index in [1.165, 1.54) is 0 Å². The summed E-state index contributed by atoms with van der Waals surface area (Å²) in [5.74, 6) is -0.192. The van der Waals surface area contributed by atoms with E-state index in [0.29, 0.717) is 11.3 Å². The molecule has 0 saturated heterocycles. The van der Waals surface area contributed by atoms with Crippen molar-refractivity contribution in [1.82, 2.24) is 5.32 Å². The van der Waals surface area contributed by atoms with Gasteiger partial charge in [-0.3, -0.25) is 4.79 Å². The monoisotopic (exact) mass is 439 g/mol. The molecule has 126 valence electrons. The van der Waals surface area contributed by atoms with E-state index >= 15 is 0 Å². The van der Waals surface area contributed by atoms with Crippen molar-refractivity contribution in [1.29, 1.82) is 0 Å². The Morgan fingerprint density at radius 3 is 2.62 bits per heavy atom. The predicted molar refractivity (Wildman–Crippen MR) is 99.0 cm³/mol. The second-order valence-electron chi connectivity index (χ2n) is 5.12. The lowest BCUT2D eigenvalue weighted by molar-refractivity contribution is -0.124. The van der Waals surface area contributed by atoms with Gasteiger partial charge in [-0.15, -0.1) is 0 Å². The third-order valence-corrected chi connectivity index (χ3v) is 4.05. The second-order valence-corrected chi connectivity index (χ2v) is 6.36. The van der Waals surface area contributed by atoms with Gasteiger partial charge in [-0.1, -0.05) is 24.3 Å². The van der Waals surface area contributed by atoms with Crippen LogP contribution in [-0.4, -0.2) is 25.6 Å². The third-order valence-electron chi connectivity index (χ3n) is 3.38. The number of amides is 1. The SMILES string of the molecule is COc1ccccc1C(C)NC(=O)COC(=O)c1cccc(I)c1. The fourth-order valence-electron chi connectivity index (χ4n) is 2.21. The average molecular weight is 439 g/mol. The van der Waals surface area contributed by atoms with Crippen molar-refractivity contribution in [3.8, 4) is 5.75 Å². The summed E-state index contributed by atoms with van der Waals surface area (Å²) >= 11 is 2.11. The predicted octanol–water partition coefficient (Wildman–Crippen LogP) is 3.33. The van der Waals surface area contributed by atoms with Crippen LogP contribution >= 0.6 is 22.6 Å². The van der Waals surface area contributed by atoms with Crippen LogP contribution in [-0.2, 0) is 9.53 Å². The minimum Gasteiger partial charge on any atom is -0.496 e. The first-order chi connectivity index (χ1) is 11.5. The van der Waals surface area contributed by atoms with E-state index in [4.69, 9.17) is 9.47 Å². The standard InChI is InChI=1S/C18H18INO4/c1-12(15-8-3-4-9-16(15)23-2)20-17(21)11-24-18(22)13-6-5-7-14(19)10-13/h3-10,12H,11H2,1-2H3,(H,20,21). The molecule has 0 saturated carbocycles. The van der Waals surface area contributed by atoms with Gasteiger partial charge in [-0.05, 0) is 53.8 Å². The van der Waals surface area contributed by atoms with Gasteiger partial charge in [0.1, 0.15) is 5.75 Å². The number of hydrogen-bond donors (Lipinski definition) is 1. The zero-order valence-corrected chi connectivity index (χ0v) is 15.6. The molecule has 0 aliphatic carbocycles. The summed E-state index contributed by atoms with van der Waals surface area (Å²) in [5, 5.41) is 2.79. The van der Waals surface area contributed by atoms with Gasteiger partial charge >= 0.3 is 5.97 Å². The van der Waals surface area contributed by atoms with Crippen LogP contribution in [0.4, 0.5) is 0 Å². The maximum Gasteiger partial charge on any atom is 0.338 e. The molecule has 0 aliphatic rings. The molecular weight excluding hydrogens is 421 g/mol. The van der Waals surface area contributed by atoms with E-state index in [9.17, 15) is 9.59 Å². The number of ether oxygens (including phenoxy) is 2. The smallest absolute Gasteiger partial charge is 0.338 e. The highest BCUT2D eigenvalue weighted by molar-refractivity contribution is 14.1. The fraction of sp³-hybridized carbons (Fsp3) is 0.222. The van der Waals surface area contributed by atoms with E-state index in [1.807, 2.05) is 37.3 Å². The lowest BCUT2D eigenvalue weighted by Gasteiger charge is -2.17. The van der Waals surface area contributed by atoms with Crippen molar-refractivity contribution >= 4 is 34.5 Å². The third kappa shape index (κ3) is 4.95. The van der Waals surface area contributed by atoms with Crippen LogP contribution in [0.1, 0.15) is 28.9 Å². The van der Waals surface area contributed by atoms with Gasteiger partial charge in [0, 0.05) is 9.13 Å². The Kier molecular flexibility index (Phi) is 6.60. The molecule has 6 heteroatoms. The van der Waals surface area contributed by atoms with Gasteiger partial charge in [0.25, 0.3) is 5.91 Å². The van der Waals surface area contributed by atoms with E-state index in [-0.39, 0.29) is 18.6 Å². The lowest BCUT2D eigenvalue weighted by atomic mass is 10.1. The Labute approximate surface area is 154 Å². The summed E-state index contributed by atoms with van der Waals surface area (Å²) in [6.45, 7) is 1.51. The molecule has 1 atom stereocenters. The summed E-state index contributed by atoms with van der Waals surface area (Å²) < 4.78 is 11.3. The molecule has 0 heterocycles.